The first-order valence-corrected chi connectivity index (χ1v) is 11.7. The van der Waals surface area contributed by atoms with E-state index < -0.39 is 5.97 Å². The molecular weight excluding hydrogens is 448 g/mol. The van der Waals surface area contributed by atoms with Crippen LogP contribution in [0.25, 0.3) is 10.6 Å². The maximum atomic E-state index is 11.2. The molecule has 0 atom stereocenters. The normalized spacial score (nSPS) is 10.5. The number of aryl methyl sites for hydroxylation is 1. The molecule has 178 valence electrons. The third-order valence-electron chi connectivity index (χ3n) is 5.38. The molecular formula is C26H30N4O3S. The number of carbonyl (C=O) groups is 1. The van der Waals surface area contributed by atoms with Crippen molar-refractivity contribution in [1.29, 1.82) is 0 Å². The van der Waals surface area contributed by atoms with Crippen molar-refractivity contribution in [2.45, 2.75) is 26.9 Å². The summed E-state index contributed by atoms with van der Waals surface area (Å²) in [5, 5.41) is 15.3. The molecule has 0 aliphatic rings. The number of thiazole rings is 1. The SMILES string of the molecule is CNCc1ccc(N)cc1OC.Cc1cc(C(=O)O)c(C)n1Cc1csc(-c2ccccc2)n1. The molecule has 4 aromatic rings. The molecule has 34 heavy (non-hydrogen) atoms. The van der Waals surface area contributed by atoms with E-state index >= 15 is 0 Å². The fraction of sp³-hybridized carbons (Fsp3) is 0.231. The standard InChI is InChI=1S/C17H16N2O2S.C9H14N2O/c1-11-8-15(17(20)21)12(2)19(11)9-14-10-22-16(18-14)13-6-4-3-5-7-13;1-11-6-7-3-4-8(10)5-9(7)12-2/h3-8,10H,9H2,1-2H3,(H,20,21);3-5,11H,6,10H2,1-2H3. The predicted octanol–water partition coefficient (Wildman–Crippen LogP) is 4.97. The fourth-order valence-corrected chi connectivity index (χ4v) is 4.43. The smallest absolute Gasteiger partial charge is 0.337 e. The quantitative estimate of drug-likeness (QED) is 0.324. The van der Waals surface area contributed by atoms with Crippen LogP contribution in [0.1, 0.15) is 33.0 Å². The average Bonchev–Trinajstić information content (AvgIpc) is 3.42. The lowest BCUT2D eigenvalue weighted by atomic mass is 10.2. The Hall–Kier alpha value is -3.62. The molecule has 0 spiro atoms. The summed E-state index contributed by atoms with van der Waals surface area (Å²) in [6, 6.07) is 17.4. The molecule has 0 saturated heterocycles. The van der Waals surface area contributed by atoms with Gasteiger partial charge in [0.1, 0.15) is 10.8 Å². The number of carboxylic acid groups (broad SMARTS) is 1. The molecule has 0 fully saturated rings. The van der Waals surface area contributed by atoms with E-state index in [4.69, 9.17) is 10.5 Å². The van der Waals surface area contributed by atoms with Gasteiger partial charge in [-0.25, -0.2) is 9.78 Å². The molecule has 7 nitrogen and oxygen atoms in total. The number of carboxylic acids is 1. The van der Waals surface area contributed by atoms with Gasteiger partial charge in [-0.05, 0) is 33.0 Å². The van der Waals surface area contributed by atoms with Crippen LogP contribution in [0.3, 0.4) is 0 Å². The average molecular weight is 479 g/mol. The summed E-state index contributed by atoms with van der Waals surface area (Å²) in [5.41, 5.74) is 11.6. The second-order valence-electron chi connectivity index (χ2n) is 7.79. The van der Waals surface area contributed by atoms with Gasteiger partial charge in [0, 0.05) is 46.2 Å². The minimum atomic E-state index is -0.886. The van der Waals surface area contributed by atoms with E-state index in [0.29, 0.717) is 12.1 Å². The summed E-state index contributed by atoms with van der Waals surface area (Å²) in [7, 11) is 3.55. The van der Waals surface area contributed by atoms with Gasteiger partial charge < -0.3 is 25.5 Å². The van der Waals surface area contributed by atoms with Gasteiger partial charge in [-0.15, -0.1) is 11.3 Å². The van der Waals surface area contributed by atoms with Gasteiger partial charge in [-0.1, -0.05) is 36.4 Å². The monoisotopic (exact) mass is 478 g/mol. The van der Waals surface area contributed by atoms with Crippen molar-refractivity contribution in [3.63, 3.8) is 0 Å². The number of ether oxygens (including phenoxy) is 1. The van der Waals surface area contributed by atoms with Crippen molar-refractivity contribution in [1.82, 2.24) is 14.9 Å². The second kappa shape index (κ2) is 11.5. The number of anilines is 1. The Morgan fingerprint density at radius 1 is 1.18 bits per heavy atom. The Labute approximate surface area is 203 Å². The van der Waals surface area contributed by atoms with Gasteiger partial charge in [0.25, 0.3) is 0 Å². The van der Waals surface area contributed by atoms with E-state index in [1.165, 1.54) is 0 Å². The van der Waals surface area contributed by atoms with Crippen molar-refractivity contribution in [3.8, 4) is 16.3 Å². The van der Waals surface area contributed by atoms with E-state index in [9.17, 15) is 9.90 Å². The number of rotatable bonds is 7. The van der Waals surface area contributed by atoms with Crippen LogP contribution < -0.4 is 15.8 Å². The van der Waals surface area contributed by atoms with Crippen LogP contribution in [-0.4, -0.2) is 34.8 Å². The van der Waals surface area contributed by atoms with Crippen LogP contribution in [-0.2, 0) is 13.1 Å². The third-order valence-corrected chi connectivity index (χ3v) is 6.32. The summed E-state index contributed by atoms with van der Waals surface area (Å²) in [6.07, 6.45) is 0. The summed E-state index contributed by atoms with van der Waals surface area (Å²) in [6.45, 7) is 5.14. The molecule has 0 unspecified atom stereocenters. The first-order chi connectivity index (χ1) is 16.3. The summed E-state index contributed by atoms with van der Waals surface area (Å²) >= 11 is 1.61. The van der Waals surface area contributed by atoms with Crippen LogP contribution in [0.5, 0.6) is 5.75 Å². The number of methoxy groups -OCH3 is 1. The fourth-order valence-electron chi connectivity index (χ4n) is 3.61. The Bertz CT molecular complexity index is 1250. The molecule has 4 rings (SSSR count). The Kier molecular flexibility index (Phi) is 8.45. The first kappa shape index (κ1) is 25.0. The zero-order chi connectivity index (χ0) is 24.7. The van der Waals surface area contributed by atoms with Crippen LogP contribution in [0.2, 0.25) is 0 Å². The van der Waals surface area contributed by atoms with Gasteiger partial charge >= 0.3 is 5.97 Å². The summed E-state index contributed by atoms with van der Waals surface area (Å²) in [4.78, 5) is 15.9. The maximum absolute atomic E-state index is 11.2. The lowest BCUT2D eigenvalue weighted by Gasteiger charge is -2.08. The minimum absolute atomic E-state index is 0.357. The van der Waals surface area contributed by atoms with E-state index in [1.807, 2.05) is 79.4 Å². The molecule has 8 heteroatoms. The van der Waals surface area contributed by atoms with E-state index in [-0.39, 0.29) is 0 Å². The number of nitrogens with zero attached hydrogens (tertiary/aromatic N) is 2. The van der Waals surface area contributed by atoms with E-state index in [1.54, 1.807) is 24.5 Å². The van der Waals surface area contributed by atoms with E-state index in [0.717, 1.165) is 51.2 Å². The van der Waals surface area contributed by atoms with Crippen LogP contribution >= 0.6 is 11.3 Å². The first-order valence-electron chi connectivity index (χ1n) is 10.8. The largest absolute Gasteiger partial charge is 0.496 e. The topological polar surface area (TPSA) is 102 Å². The molecule has 0 radical (unpaired) electrons. The van der Waals surface area contributed by atoms with Crippen LogP contribution in [0.4, 0.5) is 5.69 Å². The summed E-state index contributed by atoms with van der Waals surface area (Å²) in [5.74, 6) is -0.0491. The highest BCUT2D eigenvalue weighted by molar-refractivity contribution is 7.13. The highest BCUT2D eigenvalue weighted by Gasteiger charge is 2.15. The lowest BCUT2D eigenvalue weighted by Crippen LogP contribution is -2.06. The van der Waals surface area contributed by atoms with Crippen molar-refractivity contribution >= 4 is 23.0 Å². The summed E-state index contributed by atoms with van der Waals surface area (Å²) < 4.78 is 7.15. The van der Waals surface area contributed by atoms with Crippen molar-refractivity contribution < 1.29 is 14.6 Å². The number of aromatic nitrogens is 2. The number of hydrogen-bond donors (Lipinski definition) is 3. The van der Waals surface area contributed by atoms with Gasteiger partial charge in [-0.3, -0.25) is 0 Å². The molecule has 0 amide bonds. The molecule has 2 aromatic carbocycles. The van der Waals surface area contributed by atoms with Gasteiger partial charge in [-0.2, -0.15) is 0 Å². The Morgan fingerprint density at radius 2 is 1.91 bits per heavy atom. The molecule has 4 N–H and O–H groups in total. The minimum Gasteiger partial charge on any atom is -0.496 e. The third kappa shape index (κ3) is 6.03. The van der Waals surface area contributed by atoms with Gasteiger partial charge in [0.15, 0.2) is 0 Å². The number of nitrogen functional groups attached to an aromatic ring is 1. The Balaban J connectivity index is 0.000000229. The second-order valence-corrected chi connectivity index (χ2v) is 8.65. The molecule has 2 heterocycles. The molecule has 0 saturated carbocycles. The van der Waals surface area contributed by atoms with E-state index in [2.05, 4.69) is 10.3 Å². The zero-order valence-corrected chi connectivity index (χ0v) is 20.6. The molecule has 0 aliphatic heterocycles. The highest BCUT2D eigenvalue weighted by atomic mass is 32.1. The number of nitrogens with two attached hydrogens (primary N) is 1. The van der Waals surface area contributed by atoms with Crippen molar-refractivity contribution in [2.75, 3.05) is 19.9 Å². The highest BCUT2D eigenvalue weighted by Crippen LogP contribution is 2.25. The van der Waals surface area contributed by atoms with Crippen LogP contribution in [0, 0.1) is 13.8 Å². The lowest BCUT2D eigenvalue weighted by molar-refractivity contribution is 0.0696. The van der Waals surface area contributed by atoms with Gasteiger partial charge in [0.2, 0.25) is 0 Å². The Morgan fingerprint density at radius 3 is 2.53 bits per heavy atom. The molecule has 2 aromatic heterocycles. The van der Waals surface area contributed by atoms with Crippen molar-refractivity contribution in [2.24, 2.45) is 0 Å². The van der Waals surface area contributed by atoms with Crippen molar-refractivity contribution in [3.05, 3.63) is 88.2 Å². The molecule has 0 aliphatic carbocycles. The number of nitrogens with one attached hydrogen (secondary N) is 1. The number of benzene rings is 2. The zero-order valence-electron chi connectivity index (χ0n) is 19.8. The van der Waals surface area contributed by atoms with Crippen LogP contribution in [0.15, 0.2) is 60.0 Å². The number of hydrogen-bond acceptors (Lipinski definition) is 6. The number of aromatic carboxylic acids is 1. The van der Waals surface area contributed by atoms with Gasteiger partial charge in [0.05, 0.1) is 24.9 Å². The predicted molar refractivity (Wildman–Crippen MR) is 138 cm³/mol. The molecule has 0 bridgehead atoms. The maximum Gasteiger partial charge on any atom is 0.337 e.